The summed E-state index contributed by atoms with van der Waals surface area (Å²) >= 11 is 0. The minimum Gasteiger partial charge on any atom is -0.450 e. The monoisotopic (exact) mass is 290 g/mol. The summed E-state index contributed by atoms with van der Waals surface area (Å²) in [5.74, 6) is 0. The van der Waals surface area contributed by atoms with Gasteiger partial charge in [-0.2, -0.15) is 0 Å². The standard InChI is InChI=1S/C15H30O5/c1-4-7-10-18-14(6-3)12-20-13(5-2)9-8-11-19-15(16)17/h13-14H,4-12H2,1-3H3,(H,16,17). The van der Waals surface area contributed by atoms with Crippen LogP contribution in [0, 0.1) is 0 Å². The van der Waals surface area contributed by atoms with Crippen LogP contribution < -0.4 is 0 Å². The minimum atomic E-state index is -1.21. The van der Waals surface area contributed by atoms with Gasteiger partial charge < -0.3 is 19.3 Å². The van der Waals surface area contributed by atoms with Gasteiger partial charge >= 0.3 is 6.16 Å². The quantitative estimate of drug-likeness (QED) is 0.412. The first-order chi connectivity index (χ1) is 9.63. The Kier molecular flexibility index (Phi) is 12.7. The van der Waals surface area contributed by atoms with Crippen LogP contribution in [0.2, 0.25) is 0 Å². The molecule has 0 bridgehead atoms. The van der Waals surface area contributed by atoms with Crippen molar-refractivity contribution < 1.29 is 24.1 Å². The van der Waals surface area contributed by atoms with Crippen LogP contribution in [0.25, 0.3) is 0 Å². The highest BCUT2D eigenvalue weighted by atomic mass is 16.7. The number of hydrogen-bond acceptors (Lipinski definition) is 4. The lowest BCUT2D eigenvalue weighted by atomic mass is 10.1. The van der Waals surface area contributed by atoms with Gasteiger partial charge in [0.15, 0.2) is 0 Å². The van der Waals surface area contributed by atoms with Gasteiger partial charge in [0.25, 0.3) is 0 Å². The molecule has 0 saturated heterocycles. The second-order valence-electron chi connectivity index (χ2n) is 4.87. The number of carbonyl (C=O) groups is 1. The fourth-order valence-corrected chi connectivity index (χ4v) is 1.80. The molecule has 0 aromatic rings. The van der Waals surface area contributed by atoms with Gasteiger partial charge in [0.2, 0.25) is 0 Å². The predicted molar refractivity (Wildman–Crippen MR) is 78.2 cm³/mol. The molecule has 0 aromatic carbocycles. The Hall–Kier alpha value is -0.810. The van der Waals surface area contributed by atoms with Gasteiger partial charge in [-0.3, -0.25) is 0 Å². The summed E-state index contributed by atoms with van der Waals surface area (Å²) in [6, 6.07) is 0. The normalized spacial score (nSPS) is 13.9. The van der Waals surface area contributed by atoms with Crippen LogP contribution in [-0.4, -0.2) is 43.3 Å². The molecule has 0 aromatic heterocycles. The molecule has 1 N–H and O–H groups in total. The van der Waals surface area contributed by atoms with E-state index in [4.69, 9.17) is 14.6 Å². The van der Waals surface area contributed by atoms with Gasteiger partial charge in [-0.25, -0.2) is 4.79 Å². The SMILES string of the molecule is CCCCOC(CC)COC(CC)CCCOC(=O)O. The van der Waals surface area contributed by atoms with E-state index in [0.717, 1.165) is 38.7 Å². The molecule has 0 aliphatic rings. The Morgan fingerprint density at radius 2 is 1.70 bits per heavy atom. The van der Waals surface area contributed by atoms with E-state index in [1.165, 1.54) is 0 Å². The van der Waals surface area contributed by atoms with Gasteiger partial charge in [-0.1, -0.05) is 27.2 Å². The molecule has 0 saturated carbocycles. The smallest absolute Gasteiger partial charge is 0.450 e. The average Bonchev–Trinajstić information content (AvgIpc) is 2.44. The molecule has 5 heteroatoms. The number of carboxylic acid groups (broad SMARTS) is 1. The fourth-order valence-electron chi connectivity index (χ4n) is 1.80. The van der Waals surface area contributed by atoms with Crippen molar-refractivity contribution in [3.05, 3.63) is 0 Å². The molecular weight excluding hydrogens is 260 g/mol. The van der Waals surface area contributed by atoms with E-state index in [1.807, 2.05) is 0 Å². The molecule has 2 unspecified atom stereocenters. The van der Waals surface area contributed by atoms with Crippen molar-refractivity contribution in [3.8, 4) is 0 Å². The number of rotatable bonds is 13. The van der Waals surface area contributed by atoms with Crippen LogP contribution in [0.1, 0.15) is 59.3 Å². The third kappa shape index (κ3) is 11.1. The first-order valence-electron chi connectivity index (χ1n) is 7.72. The molecule has 0 radical (unpaired) electrons. The van der Waals surface area contributed by atoms with E-state index in [0.29, 0.717) is 13.0 Å². The van der Waals surface area contributed by atoms with Crippen molar-refractivity contribution in [3.63, 3.8) is 0 Å². The van der Waals surface area contributed by atoms with Crippen molar-refractivity contribution >= 4 is 6.16 Å². The maximum Gasteiger partial charge on any atom is 0.505 e. The summed E-state index contributed by atoms with van der Waals surface area (Å²) < 4.78 is 16.1. The molecule has 20 heavy (non-hydrogen) atoms. The lowest BCUT2D eigenvalue weighted by molar-refractivity contribution is -0.0504. The Bertz CT molecular complexity index is 232. The molecule has 5 nitrogen and oxygen atoms in total. The summed E-state index contributed by atoms with van der Waals surface area (Å²) in [7, 11) is 0. The molecule has 0 heterocycles. The van der Waals surface area contributed by atoms with Crippen molar-refractivity contribution in [1.29, 1.82) is 0 Å². The molecule has 0 aliphatic heterocycles. The molecular formula is C15H30O5. The predicted octanol–water partition coefficient (Wildman–Crippen LogP) is 3.85. The van der Waals surface area contributed by atoms with Crippen molar-refractivity contribution in [2.75, 3.05) is 19.8 Å². The zero-order chi connectivity index (χ0) is 15.2. The largest absolute Gasteiger partial charge is 0.505 e. The highest BCUT2D eigenvalue weighted by Crippen LogP contribution is 2.10. The zero-order valence-electron chi connectivity index (χ0n) is 13.1. The molecule has 0 spiro atoms. The van der Waals surface area contributed by atoms with Crippen molar-refractivity contribution in [2.24, 2.45) is 0 Å². The van der Waals surface area contributed by atoms with E-state index in [-0.39, 0.29) is 18.8 Å². The number of ether oxygens (including phenoxy) is 3. The first-order valence-corrected chi connectivity index (χ1v) is 7.72. The van der Waals surface area contributed by atoms with Gasteiger partial charge in [-0.15, -0.1) is 0 Å². The summed E-state index contributed by atoms with van der Waals surface area (Å²) in [6.45, 7) is 7.95. The zero-order valence-corrected chi connectivity index (χ0v) is 13.1. The number of unbranched alkanes of at least 4 members (excludes halogenated alkanes) is 1. The highest BCUT2D eigenvalue weighted by Gasteiger charge is 2.12. The van der Waals surface area contributed by atoms with E-state index in [9.17, 15) is 4.79 Å². The van der Waals surface area contributed by atoms with E-state index < -0.39 is 6.16 Å². The van der Waals surface area contributed by atoms with Crippen LogP contribution in [0.5, 0.6) is 0 Å². The second kappa shape index (κ2) is 13.2. The van der Waals surface area contributed by atoms with Crippen LogP contribution >= 0.6 is 0 Å². The van der Waals surface area contributed by atoms with Crippen molar-refractivity contribution in [1.82, 2.24) is 0 Å². The van der Waals surface area contributed by atoms with Crippen molar-refractivity contribution in [2.45, 2.75) is 71.5 Å². The molecule has 0 fully saturated rings. The van der Waals surface area contributed by atoms with Gasteiger partial charge in [0, 0.05) is 6.61 Å². The van der Waals surface area contributed by atoms with Crippen LogP contribution in [0.3, 0.4) is 0 Å². The molecule has 2 atom stereocenters. The minimum absolute atomic E-state index is 0.149. The average molecular weight is 290 g/mol. The maximum absolute atomic E-state index is 10.2. The van der Waals surface area contributed by atoms with E-state index in [2.05, 4.69) is 25.5 Å². The summed E-state index contributed by atoms with van der Waals surface area (Å²) in [6.07, 6.45) is 4.68. The molecule has 120 valence electrons. The molecule has 0 amide bonds. The maximum atomic E-state index is 10.2. The van der Waals surface area contributed by atoms with E-state index in [1.54, 1.807) is 0 Å². The van der Waals surface area contributed by atoms with Gasteiger partial charge in [0.1, 0.15) is 0 Å². The highest BCUT2D eigenvalue weighted by molar-refractivity contribution is 5.56. The van der Waals surface area contributed by atoms with Gasteiger partial charge in [-0.05, 0) is 32.1 Å². The Labute approximate surface area is 122 Å². The Balaban J connectivity index is 3.76. The lowest BCUT2D eigenvalue weighted by Gasteiger charge is -2.21. The first kappa shape index (κ1) is 19.2. The fraction of sp³-hybridized carbons (Fsp3) is 0.933. The van der Waals surface area contributed by atoms with E-state index >= 15 is 0 Å². The van der Waals surface area contributed by atoms with Crippen LogP contribution in [0.15, 0.2) is 0 Å². The summed E-state index contributed by atoms with van der Waals surface area (Å²) in [5.41, 5.74) is 0. The Morgan fingerprint density at radius 1 is 1.00 bits per heavy atom. The number of hydrogen-bond donors (Lipinski definition) is 1. The topological polar surface area (TPSA) is 65.0 Å². The lowest BCUT2D eigenvalue weighted by Crippen LogP contribution is -2.24. The third-order valence-electron chi connectivity index (χ3n) is 3.18. The molecule has 0 rings (SSSR count). The van der Waals surface area contributed by atoms with Crippen LogP contribution in [-0.2, 0) is 14.2 Å². The Morgan fingerprint density at radius 3 is 2.25 bits per heavy atom. The summed E-state index contributed by atoms with van der Waals surface area (Å²) in [5, 5.41) is 8.38. The second-order valence-corrected chi connectivity index (χ2v) is 4.87. The van der Waals surface area contributed by atoms with Crippen LogP contribution in [0.4, 0.5) is 4.79 Å². The van der Waals surface area contributed by atoms with Gasteiger partial charge in [0.05, 0.1) is 25.4 Å². The third-order valence-corrected chi connectivity index (χ3v) is 3.18. The summed E-state index contributed by atoms with van der Waals surface area (Å²) in [4.78, 5) is 10.2. The molecule has 0 aliphatic carbocycles.